The zero-order valence-electron chi connectivity index (χ0n) is 12.5. The summed E-state index contributed by atoms with van der Waals surface area (Å²) in [5.74, 6) is 1.41. The Bertz CT molecular complexity index is 256. The van der Waals surface area contributed by atoms with Crippen LogP contribution in [-0.2, 0) is 4.74 Å². The molecule has 0 bridgehead atoms. The van der Waals surface area contributed by atoms with Gasteiger partial charge in [0.2, 0.25) is 0 Å². The molecule has 0 saturated carbocycles. The molecular weight excluding hydrogens is 244 g/mol. The summed E-state index contributed by atoms with van der Waals surface area (Å²) in [6.45, 7) is 7.49. The molecule has 0 aliphatic heterocycles. The molecule has 18 heavy (non-hydrogen) atoms. The Morgan fingerprint density at radius 2 is 1.78 bits per heavy atom. The largest absolute Gasteiger partial charge is 0.385 e. The molecule has 2 heteroatoms. The van der Waals surface area contributed by atoms with Crippen molar-refractivity contribution in [2.75, 3.05) is 19.6 Å². The average Bonchev–Trinajstić information content (AvgIpc) is 2.36. The van der Waals surface area contributed by atoms with Gasteiger partial charge in [-0.3, -0.25) is 0 Å². The van der Waals surface area contributed by atoms with Crippen molar-refractivity contribution in [3.05, 3.63) is 23.3 Å². The SMILES string of the molecule is COCCC(C)CCC=C(C)CCC=C(C)CCl. The maximum Gasteiger partial charge on any atom is 0.0464 e. The fourth-order valence-electron chi connectivity index (χ4n) is 1.78. The van der Waals surface area contributed by atoms with Crippen molar-refractivity contribution in [1.29, 1.82) is 0 Å². The van der Waals surface area contributed by atoms with Crippen LogP contribution in [0.1, 0.15) is 52.9 Å². The van der Waals surface area contributed by atoms with Crippen molar-refractivity contribution in [2.45, 2.75) is 52.9 Å². The highest BCUT2D eigenvalue weighted by Gasteiger charge is 2.00. The van der Waals surface area contributed by atoms with E-state index in [2.05, 4.69) is 32.9 Å². The van der Waals surface area contributed by atoms with E-state index in [1.807, 2.05) is 0 Å². The molecule has 0 N–H and O–H groups in total. The van der Waals surface area contributed by atoms with Crippen LogP contribution in [0.25, 0.3) is 0 Å². The molecule has 1 unspecified atom stereocenters. The number of hydrogen-bond donors (Lipinski definition) is 0. The van der Waals surface area contributed by atoms with Crippen molar-refractivity contribution in [3.63, 3.8) is 0 Å². The molecule has 0 aliphatic carbocycles. The summed E-state index contributed by atoms with van der Waals surface area (Å²) in [6.07, 6.45) is 10.5. The minimum atomic E-state index is 0.653. The summed E-state index contributed by atoms with van der Waals surface area (Å²) in [6, 6.07) is 0. The molecular formula is C16H29ClO. The molecule has 0 spiro atoms. The summed E-state index contributed by atoms with van der Waals surface area (Å²) in [5, 5.41) is 0. The topological polar surface area (TPSA) is 9.23 Å². The van der Waals surface area contributed by atoms with E-state index >= 15 is 0 Å². The number of halogens is 1. The Morgan fingerprint density at radius 3 is 2.39 bits per heavy atom. The molecule has 0 aliphatic rings. The van der Waals surface area contributed by atoms with Gasteiger partial charge in [0.15, 0.2) is 0 Å². The summed E-state index contributed by atoms with van der Waals surface area (Å²) in [4.78, 5) is 0. The van der Waals surface area contributed by atoms with Gasteiger partial charge in [-0.15, -0.1) is 11.6 Å². The van der Waals surface area contributed by atoms with E-state index < -0.39 is 0 Å². The lowest BCUT2D eigenvalue weighted by Crippen LogP contribution is -1.99. The van der Waals surface area contributed by atoms with E-state index in [9.17, 15) is 0 Å². The summed E-state index contributed by atoms with van der Waals surface area (Å²) in [5.41, 5.74) is 2.77. The van der Waals surface area contributed by atoms with E-state index in [0.717, 1.165) is 25.4 Å². The maximum absolute atomic E-state index is 5.73. The predicted molar refractivity (Wildman–Crippen MR) is 82.4 cm³/mol. The minimum Gasteiger partial charge on any atom is -0.385 e. The van der Waals surface area contributed by atoms with Gasteiger partial charge in [-0.05, 0) is 51.9 Å². The van der Waals surface area contributed by atoms with Gasteiger partial charge in [-0.1, -0.05) is 30.2 Å². The van der Waals surface area contributed by atoms with E-state index in [-0.39, 0.29) is 0 Å². The van der Waals surface area contributed by atoms with Crippen LogP contribution in [0.2, 0.25) is 0 Å². The smallest absolute Gasteiger partial charge is 0.0464 e. The molecule has 0 amide bonds. The van der Waals surface area contributed by atoms with Crippen LogP contribution in [0.15, 0.2) is 23.3 Å². The van der Waals surface area contributed by atoms with Gasteiger partial charge in [0.25, 0.3) is 0 Å². The Morgan fingerprint density at radius 1 is 1.11 bits per heavy atom. The molecule has 0 aromatic carbocycles. The van der Waals surface area contributed by atoms with E-state index in [1.54, 1.807) is 7.11 Å². The van der Waals surface area contributed by atoms with Crippen LogP contribution < -0.4 is 0 Å². The quantitative estimate of drug-likeness (QED) is 0.385. The fourth-order valence-corrected chi connectivity index (χ4v) is 1.89. The lowest BCUT2D eigenvalue weighted by atomic mass is 10.0. The highest BCUT2D eigenvalue weighted by Crippen LogP contribution is 2.14. The van der Waals surface area contributed by atoms with Crippen LogP contribution >= 0.6 is 11.6 Å². The monoisotopic (exact) mass is 272 g/mol. The van der Waals surface area contributed by atoms with Gasteiger partial charge in [-0.25, -0.2) is 0 Å². The van der Waals surface area contributed by atoms with Gasteiger partial charge >= 0.3 is 0 Å². The maximum atomic E-state index is 5.73. The first kappa shape index (κ1) is 17.7. The minimum absolute atomic E-state index is 0.653. The van der Waals surface area contributed by atoms with Crippen molar-refractivity contribution in [1.82, 2.24) is 0 Å². The van der Waals surface area contributed by atoms with Gasteiger partial charge in [0.05, 0.1) is 0 Å². The van der Waals surface area contributed by atoms with Gasteiger partial charge in [0, 0.05) is 19.6 Å². The van der Waals surface area contributed by atoms with Crippen LogP contribution in [0.4, 0.5) is 0 Å². The number of rotatable bonds is 10. The molecule has 0 aromatic heterocycles. The third kappa shape index (κ3) is 10.9. The number of allylic oxidation sites excluding steroid dienone is 4. The van der Waals surface area contributed by atoms with Gasteiger partial charge < -0.3 is 4.74 Å². The zero-order chi connectivity index (χ0) is 13.8. The predicted octanol–water partition coefficient (Wildman–Crippen LogP) is 5.35. The zero-order valence-corrected chi connectivity index (χ0v) is 13.2. The second kappa shape index (κ2) is 11.8. The van der Waals surface area contributed by atoms with Crippen LogP contribution in [0.3, 0.4) is 0 Å². The Hall–Kier alpha value is -0.270. The summed E-state index contributed by atoms with van der Waals surface area (Å²) in [7, 11) is 1.77. The lowest BCUT2D eigenvalue weighted by Gasteiger charge is -2.09. The van der Waals surface area contributed by atoms with E-state index in [4.69, 9.17) is 16.3 Å². The van der Waals surface area contributed by atoms with Crippen LogP contribution in [0.5, 0.6) is 0 Å². The third-order valence-corrected chi connectivity index (χ3v) is 3.63. The summed E-state index contributed by atoms with van der Waals surface area (Å²) < 4.78 is 5.09. The Kier molecular flexibility index (Phi) is 11.6. The number of alkyl halides is 1. The van der Waals surface area contributed by atoms with Crippen molar-refractivity contribution in [3.8, 4) is 0 Å². The standard InChI is InChI=1S/C16H29ClO/c1-14(8-6-10-16(3)13-17)7-5-9-15(2)11-12-18-4/h7,10,15H,5-6,8-9,11-13H2,1-4H3. The second-order valence-corrected chi connectivity index (χ2v) is 5.50. The fraction of sp³-hybridized carbons (Fsp3) is 0.750. The number of ether oxygens (including phenoxy) is 1. The molecule has 0 radical (unpaired) electrons. The molecule has 0 saturated heterocycles. The molecule has 106 valence electrons. The molecule has 0 rings (SSSR count). The first-order valence-corrected chi connectivity index (χ1v) is 7.49. The molecule has 0 heterocycles. The normalized spacial score (nSPS) is 14.9. The highest BCUT2D eigenvalue weighted by atomic mass is 35.5. The number of hydrogen-bond acceptors (Lipinski definition) is 1. The van der Waals surface area contributed by atoms with Gasteiger partial charge in [0.1, 0.15) is 0 Å². The number of methoxy groups -OCH3 is 1. The molecule has 0 aromatic rings. The second-order valence-electron chi connectivity index (χ2n) is 5.24. The lowest BCUT2D eigenvalue weighted by molar-refractivity contribution is 0.178. The Balaban J connectivity index is 3.70. The molecule has 0 fully saturated rings. The Labute approximate surface area is 118 Å². The first-order valence-electron chi connectivity index (χ1n) is 6.96. The third-order valence-electron chi connectivity index (χ3n) is 3.21. The molecule has 1 nitrogen and oxygen atoms in total. The van der Waals surface area contributed by atoms with E-state index in [1.165, 1.54) is 30.4 Å². The van der Waals surface area contributed by atoms with Gasteiger partial charge in [-0.2, -0.15) is 0 Å². The first-order chi connectivity index (χ1) is 8.60. The van der Waals surface area contributed by atoms with Crippen molar-refractivity contribution >= 4 is 11.6 Å². The van der Waals surface area contributed by atoms with Crippen LogP contribution in [0, 0.1) is 5.92 Å². The van der Waals surface area contributed by atoms with Crippen LogP contribution in [-0.4, -0.2) is 19.6 Å². The highest BCUT2D eigenvalue weighted by molar-refractivity contribution is 6.19. The van der Waals surface area contributed by atoms with Crippen molar-refractivity contribution in [2.24, 2.45) is 5.92 Å². The average molecular weight is 273 g/mol. The van der Waals surface area contributed by atoms with E-state index in [0.29, 0.717) is 5.88 Å². The summed E-state index contributed by atoms with van der Waals surface area (Å²) >= 11 is 5.73. The van der Waals surface area contributed by atoms with Crippen molar-refractivity contribution < 1.29 is 4.74 Å². The molecule has 1 atom stereocenters.